The van der Waals surface area contributed by atoms with E-state index in [0.717, 1.165) is 12.0 Å². The topological polar surface area (TPSA) is 74.0 Å². The summed E-state index contributed by atoms with van der Waals surface area (Å²) in [5.41, 5.74) is 2.02. The number of nitro benzene ring substituents is 1. The number of ether oxygens (including phenoxy) is 2. The van der Waals surface area contributed by atoms with Gasteiger partial charge in [0.1, 0.15) is 0 Å². The van der Waals surface area contributed by atoms with Gasteiger partial charge in [0.15, 0.2) is 11.5 Å². The van der Waals surface area contributed by atoms with Crippen molar-refractivity contribution < 1.29 is 14.4 Å². The molecular formula is C20H24N2O4. The van der Waals surface area contributed by atoms with E-state index in [0.29, 0.717) is 35.3 Å². The third-order valence-corrected chi connectivity index (χ3v) is 3.89. The summed E-state index contributed by atoms with van der Waals surface area (Å²) < 4.78 is 11.2. The normalized spacial score (nSPS) is 11.1. The lowest BCUT2D eigenvalue weighted by Gasteiger charge is -2.12. The minimum Gasteiger partial charge on any atom is -0.493 e. The van der Waals surface area contributed by atoms with Gasteiger partial charge in [-0.1, -0.05) is 19.9 Å². The lowest BCUT2D eigenvalue weighted by molar-refractivity contribution is -0.385. The summed E-state index contributed by atoms with van der Waals surface area (Å²) >= 11 is 0. The molecule has 0 radical (unpaired) electrons. The fourth-order valence-electron chi connectivity index (χ4n) is 2.31. The summed E-state index contributed by atoms with van der Waals surface area (Å²) in [6.07, 6.45) is 2.62. The van der Waals surface area contributed by atoms with Gasteiger partial charge in [-0.15, -0.1) is 0 Å². The van der Waals surface area contributed by atoms with E-state index in [9.17, 15) is 10.1 Å². The average Bonchev–Trinajstić information content (AvgIpc) is 2.61. The van der Waals surface area contributed by atoms with Gasteiger partial charge in [-0.3, -0.25) is 15.1 Å². The molecule has 0 unspecified atom stereocenters. The number of methoxy groups -OCH3 is 1. The van der Waals surface area contributed by atoms with Gasteiger partial charge >= 0.3 is 0 Å². The van der Waals surface area contributed by atoms with Crippen LogP contribution in [0.2, 0.25) is 0 Å². The highest BCUT2D eigenvalue weighted by Crippen LogP contribution is 2.29. The molecule has 0 saturated carbocycles. The fourth-order valence-corrected chi connectivity index (χ4v) is 2.31. The van der Waals surface area contributed by atoms with Gasteiger partial charge < -0.3 is 9.47 Å². The van der Waals surface area contributed by atoms with Gasteiger partial charge in [-0.2, -0.15) is 0 Å². The molecular weight excluding hydrogens is 332 g/mol. The van der Waals surface area contributed by atoms with Crippen LogP contribution in [0.4, 0.5) is 11.4 Å². The SMILES string of the molecule is COc1cc(C=Nc2ccc(C)c([N+](=O)[O-])c2)ccc1OCCC(C)C. The molecule has 0 amide bonds. The quantitative estimate of drug-likeness (QED) is 0.375. The molecule has 0 aliphatic heterocycles. The minimum atomic E-state index is -0.402. The molecule has 0 saturated heterocycles. The van der Waals surface area contributed by atoms with Crippen molar-refractivity contribution in [2.75, 3.05) is 13.7 Å². The summed E-state index contributed by atoms with van der Waals surface area (Å²) in [6, 6.07) is 10.5. The minimum absolute atomic E-state index is 0.0612. The fraction of sp³-hybridized carbons (Fsp3) is 0.350. The Hall–Kier alpha value is -2.89. The Balaban J connectivity index is 2.15. The van der Waals surface area contributed by atoms with Crippen molar-refractivity contribution in [3.8, 4) is 11.5 Å². The number of aryl methyl sites for hydroxylation is 1. The largest absolute Gasteiger partial charge is 0.493 e. The Morgan fingerprint density at radius 2 is 1.96 bits per heavy atom. The molecule has 0 heterocycles. The van der Waals surface area contributed by atoms with Crippen molar-refractivity contribution in [3.05, 3.63) is 57.6 Å². The van der Waals surface area contributed by atoms with Crippen molar-refractivity contribution in [2.24, 2.45) is 10.9 Å². The molecule has 0 atom stereocenters. The van der Waals surface area contributed by atoms with Crippen LogP contribution in [0.5, 0.6) is 11.5 Å². The van der Waals surface area contributed by atoms with Crippen molar-refractivity contribution in [1.82, 2.24) is 0 Å². The van der Waals surface area contributed by atoms with E-state index in [1.54, 1.807) is 32.4 Å². The van der Waals surface area contributed by atoms with Crippen LogP contribution in [0.3, 0.4) is 0 Å². The molecule has 6 nitrogen and oxygen atoms in total. The van der Waals surface area contributed by atoms with Crippen molar-refractivity contribution in [1.29, 1.82) is 0 Å². The van der Waals surface area contributed by atoms with Gasteiger partial charge in [0.05, 0.1) is 24.3 Å². The Morgan fingerprint density at radius 1 is 1.19 bits per heavy atom. The van der Waals surface area contributed by atoms with Crippen LogP contribution < -0.4 is 9.47 Å². The zero-order valence-electron chi connectivity index (χ0n) is 15.6. The monoisotopic (exact) mass is 356 g/mol. The lowest BCUT2D eigenvalue weighted by Crippen LogP contribution is -2.03. The average molecular weight is 356 g/mol. The number of hydrogen-bond acceptors (Lipinski definition) is 5. The number of hydrogen-bond donors (Lipinski definition) is 0. The number of rotatable bonds is 8. The Labute approximate surface area is 153 Å². The first-order valence-electron chi connectivity index (χ1n) is 8.50. The van der Waals surface area contributed by atoms with Crippen molar-refractivity contribution >= 4 is 17.6 Å². The van der Waals surface area contributed by atoms with Gasteiger partial charge in [0, 0.05) is 17.8 Å². The molecule has 2 aromatic rings. The van der Waals surface area contributed by atoms with Gasteiger partial charge in [0.25, 0.3) is 5.69 Å². The van der Waals surface area contributed by atoms with E-state index in [1.807, 2.05) is 18.2 Å². The van der Waals surface area contributed by atoms with Gasteiger partial charge in [-0.05, 0) is 49.1 Å². The predicted octanol–water partition coefficient (Wildman–Crippen LogP) is 5.09. The maximum absolute atomic E-state index is 11.0. The second-order valence-corrected chi connectivity index (χ2v) is 6.43. The highest BCUT2D eigenvalue weighted by molar-refractivity contribution is 5.83. The molecule has 2 aromatic carbocycles. The third kappa shape index (κ3) is 5.31. The molecule has 0 fully saturated rings. The molecule has 0 aliphatic rings. The highest BCUT2D eigenvalue weighted by Gasteiger charge is 2.10. The molecule has 0 aromatic heterocycles. The van der Waals surface area contributed by atoms with Crippen LogP contribution in [0.15, 0.2) is 41.4 Å². The molecule has 2 rings (SSSR count). The third-order valence-electron chi connectivity index (χ3n) is 3.89. The molecule has 0 bridgehead atoms. The van der Waals surface area contributed by atoms with E-state index >= 15 is 0 Å². The molecule has 6 heteroatoms. The summed E-state index contributed by atoms with van der Waals surface area (Å²) in [7, 11) is 1.59. The summed E-state index contributed by atoms with van der Waals surface area (Å²) in [4.78, 5) is 14.9. The van der Waals surface area contributed by atoms with Crippen LogP contribution in [0.25, 0.3) is 0 Å². The van der Waals surface area contributed by atoms with Crippen LogP contribution in [0.1, 0.15) is 31.4 Å². The summed E-state index contributed by atoms with van der Waals surface area (Å²) in [5.74, 6) is 1.90. The predicted molar refractivity (Wildman–Crippen MR) is 103 cm³/mol. The molecule has 0 spiro atoms. The maximum Gasteiger partial charge on any atom is 0.274 e. The highest BCUT2D eigenvalue weighted by atomic mass is 16.6. The van der Waals surface area contributed by atoms with Crippen molar-refractivity contribution in [3.63, 3.8) is 0 Å². The van der Waals surface area contributed by atoms with E-state index in [2.05, 4.69) is 18.8 Å². The number of aliphatic imine (C=N–C) groups is 1. The number of nitro groups is 1. The Bertz CT molecular complexity index is 800. The number of nitrogens with zero attached hydrogens (tertiary/aromatic N) is 2. The Kier molecular flexibility index (Phi) is 6.72. The second kappa shape index (κ2) is 8.99. The molecule has 26 heavy (non-hydrogen) atoms. The summed E-state index contributed by atoms with van der Waals surface area (Å²) in [6.45, 7) is 6.63. The molecule has 138 valence electrons. The van der Waals surface area contributed by atoms with E-state index in [-0.39, 0.29) is 5.69 Å². The van der Waals surface area contributed by atoms with Crippen LogP contribution >= 0.6 is 0 Å². The first-order chi connectivity index (χ1) is 12.4. The standard InChI is InChI=1S/C20H24N2O4/c1-14(2)9-10-26-19-8-6-16(11-20(19)25-4)13-21-17-7-5-15(3)18(12-17)22(23)24/h5-8,11-14H,9-10H2,1-4H3. The first-order valence-corrected chi connectivity index (χ1v) is 8.50. The molecule has 0 N–H and O–H groups in total. The molecule has 0 aliphatic carbocycles. The number of benzene rings is 2. The zero-order valence-corrected chi connectivity index (χ0v) is 15.6. The Morgan fingerprint density at radius 3 is 2.62 bits per heavy atom. The van der Waals surface area contributed by atoms with Crippen molar-refractivity contribution in [2.45, 2.75) is 27.2 Å². The van der Waals surface area contributed by atoms with E-state index in [4.69, 9.17) is 9.47 Å². The first kappa shape index (κ1) is 19.4. The second-order valence-electron chi connectivity index (χ2n) is 6.43. The maximum atomic E-state index is 11.0. The van der Waals surface area contributed by atoms with Crippen LogP contribution in [0, 0.1) is 23.0 Å². The van der Waals surface area contributed by atoms with Gasteiger partial charge in [-0.25, -0.2) is 0 Å². The summed E-state index contributed by atoms with van der Waals surface area (Å²) in [5, 5.41) is 11.0. The lowest BCUT2D eigenvalue weighted by atomic mass is 10.1. The van der Waals surface area contributed by atoms with E-state index < -0.39 is 4.92 Å². The van der Waals surface area contributed by atoms with Gasteiger partial charge in [0.2, 0.25) is 0 Å². The van der Waals surface area contributed by atoms with Crippen LogP contribution in [-0.2, 0) is 0 Å². The zero-order chi connectivity index (χ0) is 19.1. The smallest absolute Gasteiger partial charge is 0.274 e. The van der Waals surface area contributed by atoms with E-state index in [1.165, 1.54) is 6.07 Å². The van der Waals surface area contributed by atoms with Crippen LogP contribution in [-0.4, -0.2) is 24.9 Å².